The van der Waals surface area contributed by atoms with E-state index in [1.165, 1.54) is 18.2 Å². The highest BCUT2D eigenvalue weighted by Gasteiger charge is 2.12. The lowest BCUT2D eigenvalue weighted by molar-refractivity contribution is 0.465. The first-order valence-electron chi connectivity index (χ1n) is 5.19. The Bertz CT molecular complexity index is 303. The van der Waals surface area contributed by atoms with Crippen molar-refractivity contribution in [2.24, 2.45) is 0 Å². The van der Waals surface area contributed by atoms with Gasteiger partial charge < -0.3 is 5.32 Å². The summed E-state index contributed by atoms with van der Waals surface area (Å²) < 4.78 is 26.6. The number of rotatable bonds is 4. The topological polar surface area (TPSA) is 12.0 Å². The lowest BCUT2D eigenvalue weighted by Gasteiger charge is -2.17. The normalized spacial score (nSPS) is 13.2. The van der Waals surface area contributed by atoms with Crippen molar-refractivity contribution in [2.45, 2.75) is 39.3 Å². The van der Waals surface area contributed by atoms with Crippen LogP contribution in [0.4, 0.5) is 8.78 Å². The Morgan fingerprint density at radius 1 is 1.13 bits per heavy atom. The number of nitrogens with one attached hydrogen (secondary N) is 1. The van der Waals surface area contributed by atoms with Gasteiger partial charge in [-0.15, -0.1) is 0 Å². The zero-order valence-corrected chi connectivity index (χ0v) is 9.35. The lowest BCUT2D eigenvalue weighted by Crippen LogP contribution is -2.34. The quantitative estimate of drug-likeness (QED) is 0.811. The van der Waals surface area contributed by atoms with E-state index in [4.69, 9.17) is 0 Å². The van der Waals surface area contributed by atoms with Gasteiger partial charge in [-0.25, -0.2) is 8.78 Å². The molecule has 0 aromatic heterocycles. The Kier molecular flexibility index (Phi) is 4.21. The van der Waals surface area contributed by atoms with Crippen molar-refractivity contribution in [3.05, 3.63) is 35.4 Å². The van der Waals surface area contributed by atoms with E-state index >= 15 is 0 Å². The van der Waals surface area contributed by atoms with Crippen molar-refractivity contribution in [3.8, 4) is 0 Å². The Labute approximate surface area is 89.5 Å². The summed E-state index contributed by atoms with van der Waals surface area (Å²) in [6, 6.07) is 4.35. The minimum Gasteiger partial charge on any atom is -0.312 e. The molecule has 1 aromatic carbocycles. The molecule has 1 unspecified atom stereocenters. The molecule has 0 fully saturated rings. The highest BCUT2D eigenvalue weighted by molar-refractivity contribution is 5.20. The second-order valence-electron chi connectivity index (χ2n) is 4.13. The molecule has 0 radical (unpaired) electrons. The zero-order chi connectivity index (χ0) is 11.4. The fraction of sp³-hybridized carbons (Fsp3) is 0.500. The molecule has 1 atom stereocenters. The fourth-order valence-corrected chi connectivity index (χ4v) is 1.66. The van der Waals surface area contributed by atoms with Gasteiger partial charge in [-0.1, -0.05) is 19.9 Å². The lowest BCUT2D eigenvalue weighted by atomic mass is 10.1. The monoisotopic (exact) mass is 213 g/mol. The van der Waals surface area contributed by atoms with Gasteiger partial charge in [0.2, 0.25) is 0 Å². The van der Waals surface area contributed by atoms with Crippen LogP contribution in [0, 0.1) is 11.6 Å². The summed E-state index contributed by atoms with van der Waals surface area (Å²) in [5.41, 5.74) is 0.165. The van der Waals surface area contributed by atoms with Gasteiger partial charge >= 0.3 is 0 Å². The van der Waals surface area contributed by atoms with Crippen molar-refractivity contribution in [1.82, 2.24) is 5.32 Å². The summed E-state index contributed by atoms with van der Waals surface area (Å²) in [6.45, 7) is 5.94. The summed E-state index contributed by atoms with van der Waals surface area (Å²) in [7, 11) is 0. The average Bonchev–Trinajstić information content (AvgIpc) is 2.10. The van der Waals surface area contributed by atoms with Crippen LogP contribution < -0.4 is 5.32 Å². The van der Waals surface area contributed by atoms with E-state index in [1.54, 1.807) is 0 Å². The maximum absolute atomic E-state index is 13.3. The Hall–Kier alpha value is -0.960. The first-order valence-corrected chi connectivity index (χ1v) is 5.19. The van der Waals surface area contributed by atoms with Gasteiger partial charge in [0, 0.05) is 17.6 Å². The average molecular weight is 213 g/mol. The van der Waals surface area contributed by atoms with E-state index in [2.05, 4.69) is 5.32 Å². The van der Waals surface area contributed by atoms with Crippen LogP contribution in [0.3, 0.4) is 0 Å². The predicted molar refractivity (Wildman–Crippen MR) is 57.8 cm³/mol. The molecule has 0 saturated heterocycles. The molecule has 1 N–H and O–H groups in total. The zero-order valence-electron chi connectivity index (χ0n) is 9.35. The van der Waals surface area contributed by atoms with Crippen LogP contribution >= 0.6 is 0 Å². The summed E-state index contributed by atoms with van der Waals surface area (Å²) >= 11 is 0. The number of hydrogen-bond acceptors (Lipinski definition) is 1. The maximum Gasteiger partial charge on any atom is 0.129 e. The van der Waals surface area contributed by atoms with Crippen molar-refractivity contribution < 1.29 is 8.78 Å². The van der Waals surface area contributed by atoms with Crippen LogP contribution in [0.15, 0.2) is 18.2 Å². The van der Waals surface area contributed by atoms with Gasteiger partial charge in [-0.3, -0.25) is 0 Å². The van der Waals surface area contributed by atoms with E-state index in [9.17, 15) is 8.78 Å². The van der Waals surface area contributed by atoms with Gasteiger partial charge in [-0.2, -0.15) is 0 Å². The molecular weight excluding hydrogens is 196 g/mol. The van der Waals surface area contributed by atoms with Gasteiger partial charge in [-0.05, 0) is 25.5 Å². The van der Waals surface area contributed by atoms with Crippen LogP contribution in [0.25, 0.3) is 0 Å². The Morgan fingerprint density at radius 2 is 1.67 bits per heavy atom. The second kappa shape index (κ2) is 5.21. The third-order valence-corrected chi connectivity index (χ3v) is 2.19. The van der Waals surface area contributed by atoms with Crippen molar-refractivity contribution in [2.75, 3.05) is 0 Å². The molecule has 1 aromatic rings. The maximum atomic E-state index is 13.3. The van der Waals surface area contributed by atoms with Crippen molar-refractivity contribution in [1.29, 1.82) is 0 Å². The molecular formula is C12H17F2N. The number of benzene rings is 1. The molecule has 1 rings (SSSR count). The highest BCUT2D eigenvalue weighted by atomic mass is 19.1. The smallest absolute Gasteiger partial charge is 0.129 e. The molecule has 1 nitrogen and oxygen atoms in total. The molecule has 0 bridgehead atoms. The molecule has 0 heterocycles. The number of halogens is 2. The SMILES string of the molecule is CC(C)NC(C)Cc1c(F)cccc1F. The van der Waals surface area contributed by atoms with E-state index < -0.39 is 11.6 Å². The molecule has 0 saturated carbocycles. The number of hydrogen-bond donors (Lipinski definition) is 1. The molecule has 0 amide bonds. The van der Waals surface area contributed by atoms with Crippen LogP contribution in [0.1, 0.15) is 26.3 Å². The van der Waals surface area contributed by atoms with Gasteiger partial charge in [0.15, 0.2) is 0 Å². The molecule has 0 aliphatic rings. The first kappa shape index (κ1) is 12.1. The summed E-state index contributed by atoms with van der Waals surface area (Å²) in [5.74, 6) is -0.931. The minimum absolute atomic E-state index is 0.0661. The minimum atomic E-state index is -0.465. The molecule has 0 aliphatic heterocycles. The molecule has 3 heteroatoms. The third-order valence-electron chi connectivity index (χ3n) is 2.19. The van der Waals surface area contributed by atoms with Gasteiger partial charge in [0.25, 0.3) is 0 Å². The van der Waals surface area contributed by atoms with Crippen molar-refractivity contribution in [3.63, 3.8) is 0 Å². The van der Waals surface area contributed by atoms with Crippen LogP contribution in [-0.2, 0) is 6.42 Å². The molecule has 15 heavy (non-hydrogen) atoms. The van der Waals surface area contributed by atoms with Gasteiger partial charge in [0.1, 0.15) is 11.6 Å². The highest BCUT2D eigenvalue weighted by Crippen LogP contribution is 2.14. The fourth-order valence-electron chi connectivity index (χ4n) is 1.66. The predicted octanol–water partition coefficient (Wildman–Crippen LogP) is 2.89. The van der Waals surface area contributed by atoms with E-state index in [1.807, 2.05) is 20.8 Å². The Balaban J connectivity index is 2.71. The van der Waals surface area contributed by atoms with E-state index in [0.29, 0.717) is 12.5 Å². The van der Waals surface area contributed by atoms with Crippen LogP contribution in [0.2, 0.25) is 0 Å². The van der Waals surface area contributed by atoms with E-state index in [0.717, 1.165) is 0 Å². The molecule has 84 valence electrons. The molecule has 0 aliphatic carbocycles. The van der Waals surface area contributed by atoms with E-state index in [-0.39, 0.29) is 11.6 Å². The summed E-state index contributed by atoms with van der Waals surface area (Å²) in [4.78, 5) is 0. The summed E-state index contributed by atoms with van der Waals surface area (Å²) in [6.07, 6.45) is 0.372. The van der Waals surface area contributed by atoms with Crippen molar-refractivity contribution >= 4 is 0 Å². The van der Waals surface area contributed by atoms with Crippen LogP contribution in [0.5, 0.6) is 0 Å². The van der Waals surface area contributed by atoms with Crippen LogP contribution in [-0.4, -0.2) is 12.1 Å². The molecule has 0 spiro atoms. The summed E-state index contributed by atoms with van der Waals surface area (Å²) in [5, 5.41) is 3.21. The third kappa shape index (κ3) is 3.59. The Morgan fingerprint density at radius 3 is 2.13 bits per heavy atom. The standard InChI is InChI=1S/C12H17F2N/c1-8(2)15-9(3)7-10-11(13)5-4-6-12(10)14/h4-6,8-9,15H,7H2,1-3H3. The second-order valence-corrected chi connectivity index (χ2v) is 4.13. The first-order chi connectivity index (χ1) is 7.00. The van der Waals surface area contributed by atoms with Gasteiger partial charge in [0.05, 0.1) is 0 Å². The largest absolute Gasteiger partial charge is 0.312 e.